The van der Waals surface area contributed by atoms with Crippen molar-refractivity contribution in [3.05, 3.63) is 101 Å². The van der Waals surface area contributed by atoms with E-state index in [9.17, 15) is 4.79 Å². The molecule has 8 nitrogen and oxygen atoms in total. The summed E-state index contributed by atoms with van der Waals surface area (Å²) in [6, 6.07) is 24.7. The van der Waals surface area contributed by atoms with E-state index in [-0.39, 0.29) is 0 Å². The van der Waals surface area contributed by atoms with Crippen molar-refractivity contribution in [1.82, 2.24) is 15.0 Å². The molecule has 1 amide bonds. The number of nitrogens with one attached hydrogen (secondary N) is 1. The van der Waals surface area contributed by atoms with Gasteiger partial charge in [0.1, 0.15) is 11.6 Å². The Morgan fingerprint density at radius 2 is 1.69 bits per heavy atom. The lowest BCUT2D eigenvalue weighted by Crippen LogP contribution is -1.93. The number of fused-ring (bicyclic) bond motifs is 1. The zero-order valence-corrected chi connectivity index (χ0v) is 19.1. The van der Waals surface area contributed by atoms with Crippen molar-refractivity contribution in [2.45, 2.75) is 6.92 Å². The van der Waals surface area contributed by atoms with Crippen molar-refractivity contribution in [2.24, 2.45) is 5.11 Å². The highest BCUT2D eigenvalue weighted by Crippen LogP contribution is 2.34. The minimum absolute atomic E-state index is 0.309. The van der Waals surface area contributed by atoms with Crippen LogP contribution in [0.4, 0.5) is 0 Å². The number of hydrogen-bond acceptors (Lipinski definition) is 4. The Labute approximate surface area is 200 Å². The van der Waals surface area contributed by atoms with Gasteiger partial charge in [-0.15, -0.1) is 0 Å². The molecule has 2 aromatic heterocycles. The van der Waals surface area contributed by atoms with E-state index in [0.29, 0.717) is 11.4 Å². The van der Waals surface area contributed by atoms with Gasteiger partial charge in [0.2, 0.25) is 5.91 Å². The number of ether oxygens (including phenoxy) is 1. The Morgan fingerprint density at radius 3 is 2.43 bits per heavy atom. The number of aromatic amines is 1. The molecule has 5 aromatic rings. The molecular weight excluding hydrogens is 440 g/mol. The molecule has 35 heavy (non-hydrogen) atoms. The predicted molar refractivity (Wildman–Crippen MR) is 135 cm³/mol. The minimum atomic E-state index is -0.628. The largest absolute Gasteiger partial charge is 0.497 e. The summed E-state index contributed by atoms with van der Waals surface area (Å²) < 4.78 is 5.34. The summed E-state index contributed by atoms with van der Waals surface area (Å²) in [4.78, 5) is 27.4. The number of aryl methyl sites for hydroxylation is 1. The number of aromatic nitrogens is 3. The monoisotopic (exact) mass is 460 g/mol. The first-order valence-corrected chi connectivity index (χ1v) is 10.9. The van der Waals surface area contributed by atoms with Gasteiger partial charge in [-0.3, -0.25) is 9.78 Å². The van der Waals surface area contributed by atoms with Gasteiger partial charge in [0.25, 0.3) is 0 Å². The molecule has 0 aliphatic heterocycles. The van der Waals surface area contributed by atoms with Gasteiger partial charge in [-0.2, -0.15) is 0 Å². The Bertz CT molecular complexity index is 1620. The molecule has 0 aliphatic rings. The van der Waals surface area contributed by atoms with E-state index in [1.54, 1.807) is 31.4 Å². The van der Waals surface area contributed by atoms with Gasteiger partial charge in [-0.25, -0.2) is 4.98 Å². The van der Waals surface area contributed by atoms with Gasteiger partial charge in [0.05, 0.1) is 24.2 Å². The van der Waals surface area contributed by atoms with Crippen LogP contribution in [0.5, 0.6) is 5.75 Å². The number of hydrogen-bond donors (Lipinski definition) is 1. The zero-order valence-electron chi connectivity index (χ0n) is 19.1. The highest BCUT2D eigenvalue weighted by atomic mass is 16.5. The number of methoxy groups -OCH3 is 1. The number of amides is 1. The third-order valence-electron chi connectivity index (χ3n) is 5.71. The third-order valence-corrected chi connectivity index (χ3v) is 5.71. The third kappa shape index (κ3) is 4.34. The Balaban J connectivity index is 1.63. The van der Waals surface area contributed by atoms with Gasteiger partial charge in [-0.1, -0.05) is 48.5 Å². The maximum Gasteiger partial charge on any atom is 0.249 e. The lowest BCUT2D eigenvalue weighted by Gasteiger charge is -2.06. The average molecular weight is 460 g/mol. The normalized spacial score (nSPS) is 10.7. The highest BCUT2D eigenvalue weighted by molar-refractivity contribution is 5.95. The quantitative estimate of drug-likeness (QED) is 0.178. The van der Waals surface area contributed by atoms with Crippen LogP contribution < -0.4 is 4.74 Å². The van der Waals surface area contributed by atoms with E-state index in [1.807, 2.05) is 55.5 Å². The topological polar surface area (TPSA) is 117 Å². The predicted octanol–water partition coefficient (Wildman–Crippen LogP) is 6.73. The molecule has 0 fully saturated rings. The van der Waals surface area contributed by atoms with E-state index in [4.69, 9.17) is 20.2 Å². The Hall–Kier alpha value is -4.94. The molecule has 0 aliphatic carbocycles. The fraction of sp³-hybridized carbons (Fsp3) is 0.0741. The van der Waals surface area contributed by atoms with E-state index in [2.05, 4.69) is 21.1 Å². The number of carbonyl (C=O) groups is 1. The number of H-pyrrole nitrogens is 1. The Morgan fingerprint density at radius 1 is 0.943 bits per heavy atom. The fourth-order valence-electron chi connectivity index (χ4n) is 3.95. The first kappa shape index (κ1) is 21.9. The first-order valence-electron chi connectivity index (χ1n) is 10.9. The van der Waals surface area contributed by atoms with Crippen LogP contribution in [0.25, 0.3) is 55.2 Å². The van der Waals surface area contributed by atoms with Crippen LogP contribution in [0, 0.1) is 6.92 Å². The van der Waals surface area contributed by atoms with Crippen molar-refractivity contribution in [3.8, 4) is 39.8 Å². The second-order valence-corrected chi connectivity index (χ2v) is 7.97. The minimum Gasteiger partial charge on any atom is -0.497 e. The van der Waals surface area contributed by atoms with E-state index >= 15 is 0 Å². The second-order valence-electron chi connectivity index (χ2n) is 7.97. The SMILES string of the molecule is COc1ccc2cc(-c3nc(-c4ccc(C(=O)N=[N+]=[N-])cc4)[nH]c3-c3cccc(C)n3)ccc2c1. The van der Waals surface area contributed by atoms with Crippen molar-refractivity contribution in [3.63, 3.8) is 0 Å². The molecule has 1 N–H and O–H groups in total. The van der Waals surface area contributed by atoms with Crippen molar-refractivity contribution < 1.29 is 9.53 Å². The molecule has 2 heterocycles. The molecule has 0 atom stereocenters. The van der Waals surface area contributed by atoms with Gasteiger partial charge in [0, 0.05) is 27.3 Å². The number of imidazole rings is 1. The summed E-state index contributed by atoms with van der Waals surface area (Å²) in [7, 11) is 1.65. The molecule has 3 aromatic carbocycles. The molecule has 0 unspecified atom stereocenters. The molecule has 170 valence electrons. The first-order chi connectivity index (χ1) is 17.1. The maximum absolute atomic E-state index is 11.8. The van der Waals surface area contributed by atoms with Crippen LogP contribution in [-0.4, -0.2) is 28.0 Å². The summed E-state index contributed by atoms with van der Waals surface area (Å²) >= 11 is 0. The Kier molecular flexibility index (Phi) is 5.71. The lowest BCUT2D eigenvalue weighted by molar-refractivity contribution is 0.100. The summed E-state index contributed by atoms with van der Waals surface area (Å²) in [5.74, 6) is 0.812. The molecule has 0 saturated carbocycles. The van der Waals surface area contributed by atoms with Crippen LogP contribution in [0.1, 0.15) is 16.1 Å². The van der Waals surface area contributed by atoms with E-state index in [1.165, 1.54) is 0 Å². The van der Waals surface area contributed by atoms with Crippen LogP contribution in [-0.2, 0) is 0 Å². The fourth-order valence-corrected chi connectivity index (χ4v) is 3.95. The van der Waals surface area contributed by atoms with Gasteiger partial charge in [-0.05, 0) is 58.7 Å². The molecule has 0 radical (unpaired) electrons. The van der Waals surface area contributed by atoms with Gasteiger partial charge >= 0.3 is 0 Å². The lowest BCUT2D eigenvalue weighted by atomic mass is 10.0. The zero-order chi connectivity index (χ0) is 24.4. The maximum atomic E-state index is 11.8. The molecule has 0 spiro atoms. The van der Waals surface area contributed by atoms with Crippen LogP contribution >= 0.6 is 0 Å². The van der Waals surface area contributed by atoms with Crippen LogP contribution in [0.3, 0.4) is 0 Å². The average Bonchev–Trinajstić information content (AvgIpc) is 3.34. The summed E-state index contributed by atoms with van der Waals surface area (Å²) in [5, 5.41) is 5.28. The van der Waals surface area contributed by atoms with Crippen molar-refractivity contribution >= 4 is 16.7 Å². The second kappa shape index (κ2) is 9.13. The number of pyridine rings is 1. The number of azide groups is 1. The van der Waals surface area contributed by atoms with Crippen LogP contribution in [0.2, 0.25) is 0 Å². The molecule has 0 bridgehead atoms. The number of nitrogens with zero attached hydrogens (tertiary/aromatic N) is 5. The molecule has 8 heteroatoms. The van der Waals surface area contributed by atoms with Gasteiger partial charge in [0.15, 0.2) is 0 Å². The molecule has 0 saturated heterocycles. The summed E-state index contributed by atoms with van der Waals surface area (Å²) in [5.41, 5.74) is 13.8. The van der Waals surface area contributed by atoms with Crippen LogP contribution in [0.15, 0.2) is 84.0 Å². The van der Waals surface area contributed by atoms with Crippen molar-refractivity contribution in [1.29, 1.82) is 0 Å². The summed E-state index contributed by atoms with van der Waals surface area (Å²) in [6.07, 6.45) is 0. The number of rotatable bonds is 5. The van der Waals surface area contributed by atoms with Gasteiger partial charge < -0.3 is 9.72 Å². The summed E-state index contributed by atoms with van der Waals surface area (Å²) in [6.45, 7) is 1.95. The standard InChI is InChI=1S/C27H20N6O2/c1-16-4-3-5-23(29-16)25-24(21-11-10-20-15-22(35-2)13-12-19(20)14-21)30-26(31-25)17-6-8-18(9-7-17)27(34)32-33-28/h3-15H,1-2H3,(H,30,31). The van der Waals surface area contributed by atoms with E-state index in [0.717, 1.165) is 50.4 Å². The molecule has 5 rings (SSSR count). The van der Waals surface area contributed by atoms with Crippen molar-refractivity contribution in [2.75, 3.05) is 7.11 Å². The number of benzene rings is 3. The highest BCUT2D eigenvalue weighted by Gasteiger charge is 2.17. The smallest absolute Gasteiger partial charge is 0.249 e. The van der Waals surface area contributed by atoms with E-state index < -0.39 is 5.91 Å². The number of carbonyl (C=O) groups excluding carboxylic acids is 1. The molecular formula is C27H20N6O2.